The molecule has 0 saturated carbocycles. The van der Waals surface area contributed by atoms with Crippen LogP contribution in [0.15, 0.2) is 30.3 Å². The molecule has 5 heteroatoms. The van der Waals surface area contributed by atoms with Crippen molar-refractivity contribution in [3.63, 3.8) is 0 Å². The summed E-state index contributed by atoms with van der Waals surface area (Å²) >= 11 is 1.33. The molecule has 23 heavy (non-hydrogen) atoms. The van der Waals surface area contributed by atoms with Crippen LogP contribution in [0.3, 0.4) is 0 Å². The third kappa shape index (κ3) is 2.80. The van der Waals surface area contributed by atoms with Gasteiger partial charge in [0.1, 0.15) is 9.71 Å². The lowest BCUT2D eigenvalue weighted by atomic mass is 10.1. The maximum Gasteiger partial charge on any atom is 0.348 e. The fraction of sp³-hybridized carbons (Fsp3) is 0.222. The average Bonchev–Trinajstić information content (AvgIpc) is 3.07. The van der Waals surface area contributed by atoms with Gasteiger partial charge < -0.3 is 9.72 Å². The summed E-state index contributed by atoms with van der Waals surface area (Å²) in [7, 11) is 0. The monoisotopic (exact) mass is 327 g/mol. The predicted molar refractivity (Wildman–Crippen MR) is 91.5 cm³/mol. The molecule has 1 N–H and O–H groups in total. The molecule has 0 radical (unpaired) electrons. The number of fused-ring (bicyclic) bond motifs is 1. The molecule has 0 amide bonds. The van der Waals surface area contributed by atoms with Crippen LogP contribution in [0.25, 0.3) is 10.2 Å². The van der Waals surface area contributed by atoms with E-state index < -0.39 is 0 Å². The van der Waals surface area contributed by atoms with Crippen molar-refractivity contribution in [1.29, 1.82) is 0 Å². The molecular weight excluding hydrogens is 310 g/mol. The zero-order valence-electron chi connectivity index (χ0n) is 13.2. The van der Waals surface area contributed by atoms with Crippen molar-refractivity contribution < 1.29 is 14.3 Å². The molecule has 0 spiro atoms. The van der Waals surface area contributed by atoms with Gasteiger partial charge in [-0.05, 0) is 32.4 Å². The van der Waals surface area contributed by atoms with Crippen LogP contribution in [-0.4, -0.2) is 23.3 Å². The molecule has 0 unspecified atom stereocenters. The Morgan fingerprint density at radius 2 is 1.87 bits per heavy atom. The summed E-state index contributed by atoms with van der Waals surface area (Å²) in [6.45, 7) is 5.99. The van der Waals surface area contributed by atoms with Gasteiger partial charge in [-0.25, -0.2) is 4.79 Å². The van der Waals surface area contributed by atoms with Gasteiger partial charge in [0, 0.05) is 10.9 Å². The SMILES string of the molecule is CCOC(=O)c1sc2[nH]c(C(=O)c3ccc(C)cc3)cc2c1C. The Labute approximate surface area is 138 Å². The number of benzene rings is 1. The van der Waals surface area contributed by atoms with E-state index in [0.717, 1.165) is 21.3 Å². The van der Waals surface area contributed by atoms with E-state index in [9.17, 15) is 9.59 Å². The summed E-state index contributed by atoms with van der Waals surface area (Å²) in [5.41, 5.74) is 3.15. The predicted octanol–water partition coefficient (Wildman–Crippen LogP) is 4.25. The highest BCUT2D eigenvalue weighted by Gasteiger charge is 2.20. The van der Waals surface area contributed by atoms with E-state index in [4.69, 9.17) is 4.74 Å². The summed E-state index contributed by atoms with van der Waals surface area (Å²) in [5.74, 6) is -0.364. The highest BCUT2D eigenvalue weighted by Crippen LogP contribution is 2.32. The van der Waals surface area contributed by atoms with E-state index in [1.54, 1.807) is 6.92 Å². The third-order valence-corrected chi connectivity index (χ3v) is 4.95. The number of ketones is 1. The number of carbonyl (C=O) groups excluding carboxylic acids is 2. The third-order valence-electron chi connectivity index (χ3n) is 3.75. The lowest BCUT2D eigenvalue weighted by Crippen LogP contribution is -2.04. The standard InChI is InChI=1S/C18H17NO3S/c1-4-22-18(21)16-11(3)13-9-14(19-17(13)23-16)15(20)12-7-5-10(2)6-8-12/h5-9,19H,4H2,1-3H3. The van der Waals surface area contributed by atoms with Crippen molar-refractivity contribution in [2.24, 2.45) is 0 Å². The van der Waals surface area contributed by atoms with Crippen molar-refractivity contribution in [2.45, 2.75) is 20.8 Å². The normalized spacial score (nSPS) is 10.9. The number of H-pyrrole nitrogens is 1. The number of rotatable bonds is 4. The largest absolute Gasteiger partial charge is 0.462 e. The van der Waals surface area contributed by atoms with E-state index in [0.29, 0.717) is 22.7 Å². The molecule has 2 aromatic heterocycles. The highest BCUT2D eigenvalue weighted by molar-refractivity contribution is 7.20. The van der Waals surface area contributed by atoms with Crippen LogP contribution in [0.2, 0.25) is 0 Å². The molecule has 3 rings (SSSR count). The van der Waals surface area contributed by atoms with Gasteiger partial charge in [-0.15, -0.1) is 11.3 Å². The molecule has 118 valence electrons. The second kappa shape index (κ2) is 6.01. The average molecular weight is 327 g/mol. The highest BCUT2D eigenvalue weighted by atomic mass is 32.1. The summed E-state index contributed by atoms with van der Waals surface area (Å²) in [4.78, 5) is 29.0. The van der Waals surface area contributed by atoms with Crippen LogP contribution >= 0.6 is 11.3 Å². The van der Waals surface area contributed by atoms with Crippen molar-refractivity contribution in [1.82, 2.24) is 4.98 Å². The Balaban J connectivity index is 1.96. The van der Waals surface area contributed by atoms with Gasteiger partial charge in [-0.3, -0.25) is 4.79 Å². The van der Waals surface area contributed by atoms with Crippen molar-refractivity contribution in [3.8, 4) is 0 Å². The van der Waals surface area contributed by atoms with Crippen molar-refractivity contribution in [3.05, 3.63) is 57.6 Å². The van der Waals surface area contributed by atoms with E-state index in [1.807, 2.05) is 44.2 Å². The Bertz CT molecular complexity index is 887. The van der Waals surface area contributed by atoms with Crippen LogP contribution in [0, 0.1) is 13.8 Å². The van der Waals surface area contributed by atoms with Crippen LogP contribution in [0.1, 0.15) is 43.8 Å². The van der Waals surface area contributed by atoms with Crippen LogP contribution in [0.4, 0.5) is 0 Å². The van der Waals surface area contributed by atoms with E-state index in [2.05, 4.69) is 4.98 Å². The second-order valence-electron chi connectivity index (χ2n) is 5.40. The summed E-state index contributed by atoms with van der Waals surface area (Å²) < 4.78 is 5.06. The zero-order chi connectivity index (χ0) is 16.6. The van der Waals surface area contributed by atoms with Gasteiger partial charge in [-0.1, -0.05) is 29.8 Å². The number of aryl methyl sites for hydroxylation is 2. The molecule has 0 atom stereocenters. The molecule has 0 aliphatic heterocycles. The molecule has 3 aromatic rings. The smallest absolute Gasteiger partial charge is 0.348 e. The maximum atomic E-state index is 12.5. The van der Waals surface area contributed by atoms with E-state index in [-0.39, 0.29) is 11.8 Å². The number of carbonyl (C=O) groups is 2. The van der Waals surface area contributed by atoms with E-state index >= 15 is 0 Å². The van der Waals surface area contributed by atoms with Crippen molar-refractivity contribution in [2.75, 3.05) is 6.61 Å². The minimum atomic E-state index is -0.314. The quantitative estimate of drug-likeness (QED) is 0.575. The topological polar surface area (TPSA) is 59.2 Å². The number of esters is 1. The van der Waals surface area contributed by atoms with Gasteiger partial charge in [0.25, 0.3) is 0 Å². The zero-order valence-corrected chi connectivity index (χ0v) is 14.0. The van der Waals surface area contributed by atoms with Crippen LogP contribution in [0.5, 0.6) is 0 Å². The summed E-state index contributed by atoms with van der Waals surface area (Å²) in [5, 5.41) is 0.897. The molecule has 4 nitrogen and oxygen atoms in total. The van der Waals surface area contributed by atoms with Gasteiger partial charge in [0.05, 0.1) is 12.3 Å². The Kier molecular flexibility index (Phi) is 4.05. The fourth-order valence-electron chi connectivity index (χ4n) is 2.47. The summed E-state index contributed by atoms with van der Waals surface area (Å²) in [6, 6.07) is 9.30. The molecular formula is C18H17NO3S. The van der Waals surface area contributed by atoms with Crippen molar-refractivity contribution >= 4 is 33.3 Å². The number of hydrogen-bond acceptors (Lipinski definition) is 4. The first-order chi connectivity index (χ1) is 11.0. The minimum absolute atomic E-state index is 0.0505. The Hall–Kier alpha value is -2.40. The van der Waals surface area contributed by atoms with Gasteiger partial charge >= 0.3 is 5.97 Å². The number of hydrogen-bond donors (Lipinski definition) is 1. The molecule has 0 saturated heterocycles. The Morgan fingerprint density at radius 1 is 1.17 bits per heavy atom. The summed E-state index contributed by atoms with van der Waals surface area (Å²) in [6.07, 6.45) is 0. The van der Waals surface area contributed by atoms with Crippen LogP contribution in [-0.2, 0) is 4.74 Å². The van der Waals surface area contributed by atoms with Gasteiger partial charge in [-0.2, -0.15) is 0 Å². The molecule has 1 aromatic carbocycles. The van der Waals surface area contributed by atoms with Gasteiger partial charge in [0.15, 0.2) is 0 Å². The first kappa shape index (κ1) is 15.5. The molecule has 0 aliphatic carbocycles. The minimum Gasteiger partial charge on any atom is -0.462 e. The first-order valence-corrected chi connectivity index (χ1v) is 8.23. The Morgan fingerprint density at radius 3 is 2.48 bits per heavy atom. The lowest BCUT2D eigenvalue weighted by molar-refractivity contribution is 0.0531. The van der Waals surface area contributed by atoms with E-state index in [1.165, 1.54) is 11.3 Å². The second-order valence-corrected chi connectivity index (χ2v) is 6.42. The maximum absolute atomic E-state index is 12.5. The number of ether oxygens (including phenoxy) is 1. The van der Waals surface area contributed by atoms with Gasteiger partial charge in [0.2, 0.25) is 5.78 Å². The first-order valence-electron chi connectivity index (χ1n) is 7.42. The number of thiophene rings is 1. The molecule has 0 fully saturated rings. The number of nitrogens with one attached hydrogen (secondary N) is 1. The van der Waals surface area contributed by atoms with Crippen LogP contribution < -0.4 is 0 Å². The molecule has 0 bridgehead atoms. The lowest BCUT2D eigenvalue weighted by Gasteiger charge is -2.00. The number of aromatic nitrogens is 1. The number of aromatic amines is 1. The molecule has 2 heterocycles. The fourth-order valence-corrected chi connectivity index (χ4v) is 3.56. The molecule has 0 aliphatic rings.